The molecule has 8 heteroatoms. The number of hydrogen-bond acceptors (Lipinski definition) is 5. The van der Waals surface area contributed by atoms with Crippen LogP contribution < -0.4 is 11.3 Å². The molecule has 0 aliphatic rings. The number of aryl methyl sites for hydroxylation is 1. The molecule has 0 aliphatic heterocycles. The summed E-state index contributed by atoms with van der Waals surface area (Å²) in [5.41, 5.74) is 6.66. The molecule has 0 saturated carbocycles. The van der Waals surface area contributed by atoms with Gasteiger partial charge in [0, 0.05) is 12.7 Å². The summed E-state index contributed by atoms with van der Waals surface area (Å²) in [4.78, 5) is 25.8. The van der Waals surface area contributed by atoms with E-state index in [1.807, 2.05) is 13.0 Å². The molecular formula is C17H16FN3O4. The summed E-state index contributed by atoms with van der Waals surface area (Å²) in [6.45, 7) is 1.97. The lowest BCUT2D eigenvalue weighted by molar-refractivity contribution is 0.0695. The number of nitrogens with zero attached hydrogens (tertiary/aromatic N) is 2. The first-order valence-electron chi connectivity index (χ1n) is 7.22. The topological polar surface area (TPSA) is 118 Å². The largest absolute Gasteiger partial charge is 0.502 e. The van der Waals surface area contributed by atoms with Crippen molar-refractivity contribution in [2.45, 2.75) is 13.5 Å². The van der Waals surface area contributed by atoms with Gasteiger partial charge in [0.15, 0.2) is 0 Å². The van der Waals surface area contributed by atoms with E-state index in [4.69, 9.17) is 15.9 Å². The molecule has 0 atom stereocenters. The standard InChI is InChI=1S/C9H8N2O2.C8H8FNO2/c1-6-2-3-8-10-4-7(12)9(13)11(8)5-6;9-6-2-1-5(4-10)7(3-6)8(11)12/h2-5,12H,1H3;1-3H,4,10H2,(H,11,12). The fourth-order valence-electron chi connectivity index (χ4n) is 2.10. The second-order valence-electron chi connectivity index (χ2n) is 5.19. The van der Waals surface area contributed by atoms with Crippen molar-refractivity contribution in [2.24, 2.45) is 5.73 Å². The van der Waals surface area contributed by atoms with Crippen LogP contribution in [-0.4, -0.2) is 25.6 Å². The van der Waals surface area contributed by atoms with E-state index in [2.05, 4.69) is 4.98 Å². The van der Waals surface area contributed by atoms with Gasteiger partial charge in [-0.15, -0.1) is 0 Å². The van der Waals surface area contributed by atoms with Crippen molar-refractivity contribution in [3.05, 3.63) is 75.6 Å². The molecule has 0 bridgehead atoms. The van der Waals surface area contributed by atoms with Crippen molar-refractivity contribution in [1.82, 2.24) is 9.38 Å². The molecule has 1 aromatic carbocycles. The zero-order chi connectivity index (χ0) is 18.6. The summed E-state index contributed by atoms with van der Waals surface area (Å²) in [5, 5.41) is 17.7. The van der Waals surface area contributed by atoms with Gasteiger partial charge in [-0.05, 0) is 36.2 Å². The molecule has 130 valence electrons. The predicted octanol–water partition coefficient (Wildman–Crippen LogP) is 1.69. The molecule has 0 radical (unpaired) electrons. The Morgan fingerprint density at radius 2 is 2.04 bits per heavy atom. The molecule has 4 N–H and O–H groups in total. The zero-order valence-electron chi connectivity index (χ0n) is 13.3. The Morgan fingerprint density at radius 1 is 1.32 bits per heavy atom. The maximum Gasteiger partial charge on any atom is 0.336 e. The summed E-state index contributed by atoms with van der Waals surface area (Å²) >= 11 is 0. The molecule has 25 heavy (non-hydrogen) atoms. The van der Waals surface area contributed by atoms with Gasteiger partial charge in [0.2, 0.25) is 5.75 Å². The SMILES string of the molecule is Cc1ccc2ncc(O)c(=O)n2c1.NCc1ccc(F)cc1C(=O)O. The van der Waals surface area contributed by atoms with Crippen LogP contribution in [-0.2, 0) is 6.54 Å². The lowest BCUT2D eigenvalue weighted by Crippen LogP contribution is -2.13. The maximum atomic E-state index is 12.5. The second kappa shape index (κ2) is 7.54. The minimum Gasteiger partial charge on any atom is -0.502 e. The Balaban J connectivity index is 0.000000181. The molecule has 3 rings (SSSR count). The quantitative estimate of drug-likeness (QED) is 0.650. The van der Waals surface area contributed by atoms with Crippen LogP contribution in [0, 0.1) is 12.7 Å². The van der Waals surface area contributed by atoms with Gasteiger partial charge in [0.25, 0.3) is 5.56 Å². The number of hydrogen-bond donors (Lipinski definition) is 3. The third-order valence-electron chi connectivity index (χ3n) is 3.35. The van der Waals surface area contributed by atoms with Crippen LogP contribution >= 0.6 is 0 Å². The third-order valence-corrected chi connectivity index (χ3v) is 3.35. The van der Waals surface area contributed by atoms with E-state index in [9.17, 15) is 14.0 Å². The highest BCUT2D eigenvalue weighted by Gasteiger charge is 2.09. The number of pyridine rings is 1. The number of aromatic carboxylic acids is 1. The molecule has 0 spiro atoms. The number of aromatic nitrogens is 2. The van der Waals surface area contributed by atoms with E-state index in [0.717, 1.165) is 17.8 Å². The highest BCUT2D eigenvalue weighted by Crippen LogP contribution is 2.10. The minimum atomic E-state index is -1.16. The molecule has 2 heterocycles. The Kier molecular flexibility index (Phi) is 5.45. The van der Waals surface area contributed by atoms with Gasteiger partial charge in [-0.25, -0.2) is 14.2 Å². The highest BCUT2D eigenvalue weighted by molar-refractivity contribution is 5.89. The average Bonchev–Trinajstić information content (AvgIpc) is 2.59. The number of carbonyl (C=O) groups is 1. The highest BCUT2D eigenvalue weighted by atomic mass is 19.1. The normalized spacial score (nSPS) is 10.2. The molecule has 3 aromatic rings. The van der Waals surface area contributed by atoms with Gasteiger partial charge >= 0.3 is 5.97 Å². The van der Waals surface area contributed by atoms with Crippen LogP contribution in [0.15, 0.2) is 47.5 Å². The van der Waals surface area contributed by atoms with Gasteiger partial charge in [-0.1, -0.05) is 12.1 Å². The fraction of sp³-hybridized carbons (Fsp3) is 0.118. The van der Waals surface area contributed by atoms with Gasteiger partial charge in [0.1, 0.15) is 11.5 Å². The second-order valence-corrected chi connectivity index (χ2v) is 5.19. The fourth-order valence-corrected chi connectivity index (χ4v) is 2.10. The van der Waals surface area contributed by atoms with Crippen molar-refractivity contribution >= 4 is 11.6 Å². The van der Waals surface area contributed by atoms with E-state index >= 15 is 0 Å². The summed E-state index contributed by atoms with van der Waals surface area (Å²) < 4.78 is 13.9. The van der Waals surface area contributed by atoms with E-state index in [1.165, 1.54) is 16.5 Å². The van der Waals surface area contributed by atoms with Gasteiger partial charge in [-0.2, -0.15) is 0 Å². The number of rotatable bonds is 2. The van der Waals surface area contributed by atoms with Crippen LogP contribution in [0.1, 0.15) is 21.5 Å². The van der Waals surface area contributed by atoms with E-state index in [0.29, 0.717) is 11.2 Å². The monoisotopic (exact) mass is 345 g/mol. The predicted molar refractivity (Wildman–Crippen MR) is 89.1 cm³/mol. The third kappa shape index (κ3) is 4.18. The molecule has 0 saturated heterocycles. The Hall–Kier alpha value is -3.26. The number of aromatic hydroxyl groups is 1. The van der Waals surface area contributed by atoms with Crippen LogP contribution in [0.4, 0.5) is 4.39 Å². The summed E-state index contributed by atoms with van der Waals surface area (Å²) in [7, 11) is 0. The summed E-state index contributed by atoms with van der Waals surface area (Å²) in [5.74, 6) is -2.05. The summed E-state index contributed by atoms with van der Waals surface area (Å²) in [6, 6.07) is 7.12. The lowest BCUT2D eigenvalue weighted by atomic mass is 10.1. The first-order valence-corrected chi connectivity index (χ1v) is 7.22. The van der Waals surface area contributed by atoms with Crippen LogP contribution in [0.2, 0.25) is 0 Å². The van der Waals surface area contributed by atoms with E-state index < -0.39 is 17.3 Å². The van der Waals surface area contributed by atoms with Gasteiger partial charge in [0.05, 0.1) is 11.8 Å². The molecular weight excluding hydrogens is 329 g/mol. The zero-order valence-corrected chi connectivity index (χ0v) is 13.3. The Bertz CT molecular complexity index is 980. The van der Waals surface area contributed by atoms with Crippen LogP contribution in [0.5, 0.6) is 5.75 Å². The average molecular weight is 345 g/mol. The molecule has 0 amide bonds. The maximum absolute atomic E-state index is 12.5. The van der Waals surface area contributed by atoms with Crippen molar-refractivity contribution in [1.29, 1.82) is 0 Å². The molecule has 0 fully saturated rings. The first kappa shape index (κ1) is 18.1. The summed E-state index contributed by atoms with van der Waals surface area (Å²) in [6.07, 6.45) is 2.80. The van der Waals surface area contributed by atoms with Crippen molar-refractivity contribution < 1.29 is 19.4 Å². The van der Waals surface area contributed by atoms with Crippen molar-refractivity contribution in [3.8, 4) is 5.75 Å². The van der Waals surface area contributed by atoms with Gasteiger partial charge < -0.3 is 15.9 Å². The molecule has 0 unspecified atom stereocenters. The van der Waals surface area contributed by atoms with Crippen molar-refractivity contribution in [3.63, 3.8) is 0 Å². The Morgan fingerprint density at radius 3 is 2.68 bits per heavy atom. The number of carboxylic acids is 1. The first-order chi connectivity index (χ1) is 11.8. The van der Waals surface area contributed by atoms with E-state index in [-0.39, 0.29) is 17.9 Å². The van der Waals surface area contributed by atoms with Crippen LogP contribution in [0.3, 0.4) is 0 Å². The number of fused-ring (bicyclic) bond motifs is 1. The minimum absolute atomic E-state index is 0.0718. The van der Waals surface area contributed by atoms with Gasteiger partial charge in [-0.3, -0.25) is 9.20 Å². The molecule has 2 aromatic heterocycles. The number of nitrogens with two attached hydrogens (primary N) is 1. The van der Waals surface area contributed by atoms with Crippen LogP contribution in [0.25, 0.3) is 5.65 Å². The Labute approximate surface area is 141 Å². The smallest absolute Gasteiger partial charge is 0.336 e. The molecule has 7 nitrogen and oxygen atoms in total. The van der Waals surface area contributed by atoms with Crippen molar-refractivity contribution in [2.75, 3.05) is 0 Å². The molecule has 0 aliphatic carbocycles. The number of benzene rings is 1. The number of carboxylic acid groups (broad SMARTS) is 1. The lowest BCUT2D eigenvalue weighted by Gasteiger charge is -2.01. The van der Waals surface area contributed by atoms with E-state index in [1.54, 1.807) is 12.3 Å². The number of halogens is 1.